The van der Waals surface area contributed by atoms with Crippen LogP contribution in [0.4, 0.5) is 10.1 Å². The van der Waals surface area contributed by atoms with Crippen molar-refractivity contribution in [1.82, 2.24) is 18.5 Å². The van der Waals surface area contributed by atoms with Crippen molar-refractivity contribution in [1.29, 1.82) is 0 Å². The molecule has 1 aromatic heterocycles. The normalized spacial score (nSPS) is 18.9. The second kappa shape index (κ2) is 11.1. The number of carbonyl (C=O) groups is 2. The Balaban J connectivity index is 1.47. The molecule has 206 valence electrons. The molecule has 8 nitrogen and oxygen atoms in total. The van der Waals surface area contributed by atoms with Crippen LogP contribution in [-0.2, 0) is 21.4 Å². The maximum Gasteiger partial charge on any atom is 0.257 e. The van der Waals surface area contributed by atoms with Gasteiger partial charge in [0.2, 0.25) is 0 Å². The van der Waals surface area contributed by atoms with E-state index in [0.717, 1.165) is 5.56 Å². The van der Waals surface area contributed by atoms with Crippen LogP contribution in [0.2, 0.25) is 0 Å². The molecule has 1 unspecified atom stereocenters. The van der Waals surface area contributed by atoms with E-state index in [0.29, 0.717) is 74.3 Å². The number of aromatic nitrogens is 1. The molecule has 2 aliphatic rings. The Kier molecular flexibility index (Phi) is 7.80. The highest BCUT2D eigenvalue weighted by molar-refractivity contribution is 7.80. The van der Waals surface area contributed by atoms with Crippen molar-refractivity contribution in [3.8, 4) is 0 Å². The summed E-state index contributed by atoms with van der Waals surface area (Å²) in [6.45, 7) is 4.57. The number of piperidine rings is 1. The van der Waals surface area contributed by atoms with Gasteiger partial charge in [-0.3, -0.25) is 14.6 Å². The summed E-state index contributed by atoms with van der Waals surface area (Å²) in [7, 11) is 3.52. The lowest BCUT2D eigenvalue weighted by molar-refractivity contribution is -0.123. The van der Waals surface area contributed by atoms with Crippen molar-refractivity contribution >= 4 is 39.5 Å². The molecule has 5 rings (SSSR count). The Morgan fingerprint density at radius 2 is 1.64 bits per heavy atom. The standard InChI is InChI=1S/C29H34FN5O3S/c1-21(36)29(22-7-5-4-6-8-22)11-13-33(14-12-29)27-24-19-23(30)9-10-26(24)31-20-25(27)28(37)34-15-17-35(18-16-34)39(38)32(2)3/h4-10,19-20H,11-18H2,1-3H3. The van der Waals surface area contributed by atoms with E-state index in [4.69, 9.17) is 0 Å². The number of hydrogen-bond acceptors (Lipinski definition) is 5. The van der Waals surface area contributed by atoms with Crippen molar-refractivity contribution in [2.24, 2.45) is 0 Å². The fraction of sp³-hybridized carbons (Fsp3) is 0.414. The molecule has 0 bridgehead atoms. The number of anilines is 1. The van der Waals surface area contributed by atoms with Gasteiger partial charge in [-0.05, 0) is 43.5 Å². The highest BCUT2D eigenvalue weighted by atomic mass is 32.2. The van der Waals surface area contributed by atoms with Crippen LogP contribution < -0.4 is 4.90 Å². The fourth-order valence-corrected chi connectivity index (χ4v) is 6.75. The minimum atomic E-state index is -1.25. The molecule has 1 amide bonds. The summed E-state index contributed by atoms with van der Waals surface area (Å²) in [4.78, 5) is 35.2. The third-order valence-electron chi connectivity index (χ3n) is 8.02. The Morgan fingerprint density at radius 3 is 2.26 bits per heavy atom. The first-order chi connectivity index (χ1) is 18.7. The van der Waals surface area contributed by atoms with Crippen molar-refractivity contribution in [3.63, 3.8) is 0 Å². The number of Topliss-reactive ketones (excluding diaryl/α,β-unsaturated/α-hetero) is 1. The lowest BCUT2D eigenvalue weighted by atomic mass is 9.70. The highest BCUT2D eigenvalue weighted by Gasteiger charge is 2.41. The highest BCUT2D eigenvalue weighted by Crippen LogP contribution is 2.40. The van der Waals surface area contributed by atoms with E-state index >= 15 is 0 Å². The number of ketones is 1. The molecule has 2 aliphatic heterocycles. The number of carbonyl (C=O) groups excluding carboxylic acids is 2. The zero-order valence-corrected chi connectivity index (χ0v) is 23.4. The molecule has 3 heterocycles. The molecular formula is C29H34FN5O3S. The lowest BCUT2D eigenvalue weighted by Gasteiger charge is -2.42. The van der Waals surface area contributed by atoms with E-state index in [2.05, 4.69) is 9.88 Å². The molecule has 39 heavy (non-hydrogen) atoms. The second-order valence-electron chi connectivity index (χ2n) is 10.4. The zero-order chi connectivity index (χ0) is 27.7. The number of piperazine rings is 1. The summed E-state index contributed by atoms with van der Waals surface area (Å²) in [5, 5.41) is 0.586. The summed E-state index contributed by atoms with van der Waals surface area (Å²) < 4.78 is 30.4. The molecule has 0 N–H and O–H groups in total. The Bertz CT molecular complexity index is 1400. The molecule has 1 atom stereocenters. The van der Waals surface area contributed by atoms with Gasteiger partial charge in [-0.15, -0.1) is 0 Å². The predicted octanol–water partition coefficient (Wildman–Crippen LogP) is 3.40. The Morgan fingerprint density at radius 1 is 0.974 bits per heavy atom. The van der Waals surface area contributed by atoms with Crippen LogP contribution in [0, 0.1) is 5.82 Å². The largest absolute Gasteiger partial charge is 0.370 e. The van der Waals surface area contributed by atoms with Gasteiger partial charge in [-0.25, -0.2) is 17.2 Å². The van der Waals surface area contributed by atoms with Gasteiger partial charge in [-0.2, -0.15) is 0 Å². The van der Waals surface area contributed by atoms with Crippen LogP contribution in [0.25, 0.3) is 10.9 Å². The summed E-state index contributed by atoms with van der Waals surface area (Å²) in [6.07, 6.45) is 2.77. The van der Waals surface area contributed by atoms with Gasteiger partial charge in [0.25, 0.3) is 5.91 Å². The van der Waals surface area contributed by atoms with Crippen molar-refractivity contribution in [2.75, 3.05) is 58.3 Å². The summed E-state index contributed by atoms with van der Waals surface area (Å²) in [6, 6.07) is 14.3. The van der Waals surface area contributed by atoms with Gasteiger partial charge < -0.3 is 9.80 Å². The second-order valence-corrected chi connectivity index (χ2v) is 12.1. The number of nitrogens with zero attached hydrogens (tertiary/aromatic N) is 5. The summed E-state index contributed by atoms with van der Waals surface area (Å²) in [5.74, 6) is -0.442. The number of halogens is 1. The van der Waals surface area contributed by atoms with E-state index in [9.17, 15) is 18.2 Å². The molecule has 0 aliphatic carbocycles. The third-order valence-corrected chi connectivity index (χ3v) is 9.46. The number of benzene rings is 2. The molecule has 0 radical (unpaired) electrons. The van der Waals surface area contributed by atoms with Gasteiger partial charge in [-0.1, -0.05) is 30.3 Å². The first kappa shape index (κ1) is 27.4. The molecule has 0 spiro atoms. The first-order valence-corrected chi connectivity index (χ1v) is 14.3. The van der Waals surface area contributed by atoms with E-state index in [1.165, 1.54) is 12.1 Å². The average molecular weight is 552 g/mol. The van der Waals surface area contributed by atoms with Gasteiger partial charge >= 0.3 is 0 Å². The fourth-order valence-electron chi connectivity index (χ4n) is 5.81. The smallest absolute Gasteiger partial charge is 0.257 e. The summed E-state index contributed by atoms with van der Waals surface area (Å²) in [5.41, 5.74) is 2.11. The number of amides is 1. The van der Waals surface area contributed by atoms with Gasteiger partial charge in [0.1, 0.15) is 11.6 Å². The molecule has 2 aromatic carbocycles. The number of fused-ring (bicyclic) bond motifs is 1. The zero-order valence-electron chi connectivity index (χ0n) is 22.6. The third kappa shape index (κ3) is 5.20. The number of rotatable bonds is 6. The van der Waals surface area contributed by atoms with E-state index < -0.39 is 22.4 Å². The molecule has 2 fully saturated rings. The van der Waals surface area contributed by atoms with Crippen molar-refractivity contribution in [3.05, 3.63) is 71.7 Å². The molecule has 3 aromatic rings. The van der Waals surface area contributed by atoms with E-state index in [-0.39, 0.29) is 11.7 Å². The summed E-state index contributed by atoms with van der Waals surface area (Å²) >= 11 is -1.25. The van der Waals surface area contributed by atoms with Crippen LogP contribution in [0.3, 0.4) is 0 Å². The van der Waals surface area contributed by atoms with Gasteiger partial charge in [0.15, 0.2) is 11.2 Å². The topological polar surface area (TPSA) is 77.1 Å². The molecule has 2 saturated heterocycles. The number of hydrogen-bond donors (Lipinski definition) is 0. The number of pyridine rings is 1. The van der Waals surface area contributed by atoms with Gasteiger partial charge in [0, 0.05) is 64.9 Å². The molecule has 0 saturated carbocycles. The van der Waals surface area contributed by atoms with E-state index in [1.54, 1.807) is 42.5 Å². The maximum absolute atomic E-state index is 14.5. The van der Waals surface area contributed by atoms with Crippen LogP contribution in [0.15, 0.2) is 54.7 Å². The van der Waals surface area contributed by atoms with Crippen LogP contribution in [0.5, 0.6) is 0 Å². The average Bonchev–Trinajstić information content (AvgIpc) is 2.96. The first-order valence-electron chi connectivity index (χ1n) is 13.2. The minimum absolute atomic E-state index is 0.128. The maximum atomic E-state index is 14.5. The Hall–Kier alpha value is -3.21. The Labute approximate surface area is 231 Å². The monoisotopic (exact) mass is 551 g/mol. The minimum Gasteiger partial charge on any atom is -0.370 e. The molecule has 10 heteroatoms. The SMILES string of the molecule is CC(=O)C1(c2ccccc2)CCN(c2c(C(=O)N3CCN(S(=O)N(C)C)CC3)cnc3ccc(F)cc23)CC1. The van der Waals surface area contributed by atoms with Crippen molar-refractivity contribution < 1.29 is 18.2 Å². The van der Waals surface area contributed by atoms with E-state index in [1.807, 2.05) is 34.6 Å². The van der Waals surface area contributed by atoms with Crippen LogP contribution in [-0.4, -0.2) is 87.8 Å². The quantitative estimate of drug-likeness (QED) is 0.470. The lowest BCUT2D eigenvalue weighted by Crippen LogP contribution is -2.51. The van der Waals surface area contributed by atoms with Crippen LogP contribution in [0.1, 0.15) is 35.7 Å². The predicted molar refractivity (Wildman–Crippen MR) is 151 cm³/mol. The van der Waals surface area contributed by atoms with Crippen LogP contribution >= 0.6 is 0 Å². The van der Waals surface area contributed by atoms with Crippen molar-refractivity contribution in [2.45, 2.75) is 25.2 Å². The van der Waals surface area contributed by atoms with Gasteiger partial charge in [0.05, 0.1) is 22.2 Å². The molecular weight excluding hydrogens is 517 g/mol.